The van der Waals surface area contributed by atoms with Gasteiger partial charge in [0.25, 0.3) is 5.91 Å². The average Bonchev–Trinajstić information content (AvgIpc) is 2.69. The van der Waals surface area contributed by atoms with Gasteiger partial charge >= 0.3 is 0 Å². The molecule has 0 saturated carbocycles. The number of hydrogen-bond donors (Lipinski definition) is 1. The lowest BCUT2D eigenvalue weighted by Gasteiger charge is -2.27. The van der Waals surface area contributed by atoms with Crippen molar-refractivity contribution in [2.24, 2.45) is 0 Å². The van der Waals surface area contributed by atoms with Gasteiger partial charge in [-0.05, 0) is 42.3 Å². The minimum atomic E-state index is -0.558. The second kappa shape index (κ2) is 9.88. The van der Waals surface area contributed by atoms with E-state index in [-0.39, 0.29) is 5.91 Å². The van der Waals surface area contributed by atoms with Crippen LogP contribution in [0.4, 0.5) is 0 Å². The lowest BCUT2D eigenvalue weighted by atomic mass is 10.1. The van der Waals surface area contributed by atoms with Crippen molar-refractivity contribution < 1.29 is 14.3 Å². The van der Waals surface area contributed by atoms with E-state index in [9.17, 15) is 4.79 Å². The molecule has 0 bridgehead atoms. The zero-order valence-electron chi connectivity index (χ0n) is 15.5. The Balaban J connectivity index is 1.54. The minimum Gasteiger partial charge on any atom is -0.481 e. The van der Waals surface area contributed by atoms with E-state index < -0.39 is 6.10 Å². The summed E-state index contributed by atoms with van der Waals surface area (Å²) in [6.07, 6.45) is -0.558. The highest BCUT2D eigenvalue weighted by Gasteiger charge is 2.16. The number of nitrogens with zero attached hydrogens (tertiary/aromatic N) is 1. The Morgan fingerprint density at radius 3 is 2.52 bits per heavy atom. The van der Waals surface area contributed by atoms with Gasteiger partial charge in [-0.3, -0.25) is 9.69 Å². The van der Waals surface area contributed by atoms with E-state index in [1.165, 1.54) is 5.56 Å². The second-order valence-corrected chi connectivity index (χ2v) is 7.50. The predicted molar refractivity (Wildman–Crippen MR) is 109 cm³/mol. The summed E-state index contributed by atoms with van der Waals surface area (Å²) in [5, 5.41) is 2.99. The molecule has 0 aromatic heterocycles. The first-order valence-corrected chi connectivity index (χ1v) is 9.98. The van der Waals surface area contributed by atoms with Crippen molar-refractivity contribution in [2.75, 3.05) is 26.3 Å². The first-order chi connectivity index (χ1) is 13.1. The average molecular weight is 433 g/mol. The normalized spacial score (nSPS) is 15.9. The first-order valence-electron chi connectivity index (χ1n) is 9.18. The van der Waals surface area contributed by atoms with Crippen molar-refractivity contribution in [3.05, 3.63) is 64.1 Å². The summed E-state index contributed by atoms with van der Waals surface area (Å²) in [7, 11) is 0. The summed E-state index contributed by atoms with van der Waals surface area (Å²) in [4.78, 5) is 14.8. The van der Waals surface area contributed by atoms with Crippen LogP contribution < -0.4 is 10.1 Å². The second-order valence-electron chi connectivity index (χ2n) is 6.59. The number of benzene rings is 2. The summed E-state index contributed by atoms with van der Waals surface area (Å²) < 4.78 is 12.1. The molecule has 1 heterocycles. The van der Waals surface area contributed by atoms with Crippen LogP contribution in [0.2, 0.25) is 0 Å². The lowest BCUT2D eigenvalue weighted by molar-refractivity contribution is -0.127. The lowest BCUT2D eigenvalue weighted by Crippen LogP contribution is -2.37. The molecule has 6 heteroatoms. The summed E-state index contributed by atoms with van der Waals surface area (Å²) >= 11 is 3.39. The number of carbonyl (C=O) groups excluding carboxylic acids is 1. The monoisotopic (exact) mass is 432 g/mol. The number of halogens is 1. The Hall–Kier alpha value is -1.89. The molecule has 144 valence electrons. The Labute approximate surface area is 168 Å². The molecule has 1 fully saturated rings. The zero-order valence-corrected chi connectivity index (χ0v) is 17.1. The molecule has 2 aromatic carbocycles. The van der Waals surface area contributed by atoms with E-state index in [1.807, 2.05) is 36.4 Å². The van der Waals surface area contributed by atoms with E-state index in [1.54, 1.807) is 6.92 Å². The smallest absolute Gasteiger partial charge is 0.261 e. The highest BCUT2D eigenvalue weighted by molar-refractivity contribution is 9.10. The van der Waals surface area contributed by atoms with Gasteiger partial charge in [0.05, 0.1) is 13.2 Å². The van der Waals surface area contributed by atoms with Gasteiger partial charge in [-0.15, -0.1) is 0 Å². The van der Waals surface area contributed by atoms with Gasteiger partial charge in [0.1, 0.15) is 5.75 Å². The fourth-order valence-electron chi connectivity index (χ4n) is 2.98. The quantitative estimate of drug-likeness (QED) is 0.728. The Morgan fingerprint density at radius 2 is 1.81 bits per heavy atom. The molecular weight excluding hydrogens is 408 g/mol. The maximum atomic E-state index is 12.4. The molecule has 1 aliphatic rings. The van der Waals surface area contributed by atoms with Crippen molar-refractivity contribution in [3.8, 4) is 5.75 Å². The van der Waals surface area contributed by atoms with E-state index >= 15 is 0 Å². The standard InChI is InChI=1S/C21H25BrN2O3/c1-16(27-20-8-6-19(22)7-9-20)21(25)23-14-17-4-2-3-5-18(17)15-24-10-12-26-13-11-24/h2-9,16H,10-15H2,1H3,(H,23,25). The fourth-order valence-corrected chi connectivity index (χ4v) is 3.25. The van der Waals surface area contributed by atoms with Crippen molar-refractivity contribution in [3.63, 3.8) is 0 Å². The zero-order chi connectivity index (χ0) is 19.1. The molecule has 27 heavy (non-hydrogen) atoms. The Bertz CT molecular complexity index is 745. The van der Waals surface area contributed by atoms with Crippen molar-refractivity contribution >= 4 is 21.8 Å². The Morgan fingerprint density at radius 1 is 1.15 bits per heavy atom. The third kappa shape index (κ3) is 6.06. The maximum Gasteiger partial charge on any atom is 0.261 e. The van der Waals surface area contributed by atoms with Gasteiger partial charge in [0, 0.05) is 30.7 Å². The third-order valence-electron chi connectivity index (χ3n) is 4.56. The maximum absolute atomic E-state index is 12.4. The number of hydrogen-bond acceptors (Lipinski definition) is 4. The van der Waals surface area contributed by atoms with Crippen LogP contribution in [0.15, 0.2) is 53.0 Å². The molecular formula is C21H25BrN2O3. The van der Waals surface area contributed by atoms with Crippen LogP contribution in [0.25, 0.3) is 0 Å². The van der Waals surface area contributed by atoms with Crippen molar-refractivity contribution in [2.45, 2.75) is 26.1 Å². The summed E-state index contributed by atoms with van der Waals surface area (Å²) in [5.74, 6) is 0.549. The molecule has 5 nitrogen and oxygen atoms in total. The van der Waals surface area contributed by atoms with E-state index in [0.29, 0.717) is 12.3 Å². The van der Waals surface area contributed by atoms with Crippen LogP contribution in [0, 0.1) is 0 Å². The van der Waals surface area contributed by atoms with Crippen molar-refractivity contribution in [1.29, 1.82) is 0 Å². The predicted octanol–water partition coefficient (Wildman–Crippen LogP) is 3.37. The number of morpholine rings is 1. The fraction of sp³-hybridized carbons (Fsp3) is 0.381. The van der Waals surface area contributed by atoms with Gasteiger partial charge in [0.2, 0.25) is 0 Å². The van der Waals surface area contributed by atoms with E-state index in [0.717, 1.165) is 42.9 Å². The topological polar surface area (TPSA) is 50.8 Å². The molecule has 0 spiro atoms. The molecule has 1 saturated heterocycles. The Kier molecular flexibility index (Phi) is 7.26. The number of ether oxygens (including phenoxy) is 2. The van der Waals surface area contributed by atoms with E-state index in [2.05, 4.69) is 38.3 Å². The van der Waals surface area contributed by atoms with Gasteiger partial charge in [-0.25, -0.2) is 0 Å². The molecule has 2 aromatic rings. The first kappa shape index (κ1) is 19.9. The van der Waals surface area contributed by atoms with Gasteiger partial charge in [-0.2, -0.15) is 0 Å². The number of nitrogens with one attached hydrogen (secondary N) is 1. The van der Waals surface area contributed by atoms with Crippen LogP contribution in [0.3, 0.4) is 0 Å². The highest BCUT2D eigenvalue weighted by Crippen LogP contribution is 2.17. The third-order valence-corrected chi connectivity index (χ3v) is 5.09. The molecule has 0 radical (unpaired) electrons. The largest absolute Gasteiger partial charge is 0.481 e. The molecule has 0 aliphatic carbocycles. The van der Waals surface area contributed by atoms with Gasteiger partial charge < -0.3 is 14.8 Å². The van der Waals surface area contributed by atoms with Crippen molar-refractivity contribution in [1.82, 2.24) is 10.2 Å². The van der Waals surface area contributed by atoms with Gasteiger partial charge in [-0.1, -0.05) is 40.2 Å². The molecule has 1 N–H and O–H groups in total. The molecule has 1 unspecified atom stereocenters. The van der Waals surface area contributed by atoms with Crippen LogP contribution in [-0.4, -0.2) is 43.2 Å². The number of carbonyl (C=O) groups is 1. The van der Waals surface area contributed by atoms with Crippen LogP contribution >= 0.6 is 15.9 Å². The summed E-state index contributed by atoms with van der Waals surface area (Å²) in [5.41, 5.74) is 2.37. The van der Waals surface area contributed by atoms with E-state index in [4.69, 9.17) is 9.47 Å². The molecule has 3 rings (SSSR count). The summed E-state index contributed by atoms with van der Waals surface area (Å²) in [6.45, 7) is 6.58. The SMILES string of the molecule is CC(Oc1ccc(Br)cc1)C(=O)NCc1ccccc1CN1CCOCC1. The number of amides is 1. The number of rotatable bonds is 7. The molecule has 1 atom stereocenters. The highest BCUT2D eigenvalue weighted by atomic mass is 79.9. The molecule has 1 aliphatic heterocycles. The van der Waals surface area contributed by atoms with Gasteiger partial charge in [0.15, 0.2) is 6.10 Å². The van der Waals surface area contributed by atoms with Crippen LogP contribution in [-0.2, 0) is 22.6 Å². The van der Waals surface area contributed by atoms with Crippen LogP contribution in [0.1, 0.15) is 18.1 Å². The molecule has 1 amide bonds. The van der Waals surface area contributed by atoms with Crippen LogP contribution in [0.5, 0.6) is 5.75 Å². The summed E-state index contributed by atoms with van der Waals surface area (Å²) in [6, 6.07) is 15.7. The minimum absolute atomic E-state index is 0.126.